The Labute approximate surface area is 205 Å². The van der Waals surface area contributed by atoms with E-state index in [0.717, 1.165) is 32.3 Å². The van der Waals surface area contributed by atoms with Gasteiger partial charge in [0.1, 0.15) is 21.4 Å². The number of rotatable bonds is 12. The van der Waals surface area contributed by atoms with Crippen LogP contribution in [0.4, 0.5) is 0 Å². The van der Waals surface area contributed by atoms with Gasteiger partial charge in [-0.2, -0.15) is 0 Å². The first kappa shape index (κ1) is 39.2. The molecule has 0 aliphatic heterocycles. The van der Waals surface area contributed by atoms with Crippen molar-refractivity contribution in [3.63, 3.8) is 0 Å². The average molecular weight is 458 g/mol. The highest BCUT2D eigenvalue weighted by atomic mass is 16.7. The maximum atomic E-state index is 5.56. The Morgan fingerprint density at radius 2 is 0.844 bits per heavy atom. The molecule has 0 aliphatic carbocycles. The predicted octanol–water partition coefficient (Wildman–Crippen LogP) is 7.44. The molecule has 32 heavy (non-hydrogen) atoms. The Kier molecular flexibility index (Phi) is 23.6. The van der Waals surface area contributed by atoms with Crippen molar-refractivity contribution in [2.75, 3.05) is 33.0 Å². The van der Waals surface area contributed by atoms with E-state index in [1.54, 1.807) is 0 Å². The molecule has 0 saturated heterocycles. The molecule has 0 atom stereocenters. The quantitative estimate of drug-likeness (QED) is 0.173. The topological polar surface area (TPSA) is 36.9 Å². The van der Waals surface area contributed by atoms with Gasteiger partial charge in [-0.25, -0.2) is 0 Å². The van der Waals surface area contributed by atoms with Gasteiger partial charge < -0.3 is 18.9 Å². The molecule has 2 radical (unpaired) electrons. The van der Waals surface area contributed by atoms with E-state index in [1.807, 2.05) is 0 Å². The minimum absolute atomic E-state index is 0. The minimum Gasteiger partial charge on any atom is -0.385 e. The molecule has 0 aromatic carbocycles. The molecule has 0 spiro atoms. The molecule has 0 fully saturated rings. The highest BCUT2D eigenvalue weighted by Crippen LogP contribution is 2.19. The van der Waals surface area contributed by atoms with Crippen LogP contribution in [-0.2, 0) is 18.9 Å². The van der Waals surface area contributed by atoms with E-state index < -0.39 is 0 Å². The molecule has 194 valence electrons. The second-order valence-corrected chi connectivity index (χ2v) is 12.2. The van der Waals surface area contributed by atoms with Crippen molar-refractivity contribution < 1.29 is 18.9 Å². The van der Waals surface area contributed by atoms with Crippen LogP contribution in [-0.4, -0.2) is 58.8 Å². The highest BCUT2D eigenvalue weighted by Gasteiger charge is 2.12. The van der Waals surface area contributed by atoms with Crippen LogP contribution in [0.3, 0.4) is 0 Å². The molecular formula is C26H60B2O4. The van der Waals surface area contributed by atoms with Crippen molar-refractivity contribution in [1.29, 1.82) is 0 Å². The molecular weight excluding hydrogens is 398 g/mol. The van der Waals surface area contributed by atoms with Crippen LogP contribution in [0.25, 0.3) is 0 Å². The number of ether oxygens (including phenoxy) is 4. The van der Waals surface area contributed by atoms with Gasteiger partial charge in [0.05, 0.1) is 11.2 Å². The zero-order chi connectivity index (χ0) is 23.9. The summed E-state index contributed by atoms with van der Waals surface area (Å²) in [6, 6.07) is 0. The van der Waals surface area contributed by atoms with Gasteiger partial charge in [-0.1, -0.05) is 56.4 Å². The van der Waals surface area contributed by atoms with E-state index in [1.165, 1.54) is 0 Å². The third-order valence-corrected chi connectivity index (χ3v) is 3.76. The molecule has 0 bridgehead atoms. The molecule has 0 N–H and O–H groups in total. The van der Waals surface area contributed by atoms with Crippen LogP contribution in [0.5, 0.6) is 0 Å². The zero-order valence-electron chi connectivity index (χ0n) is 22.4. The SMILES string of the molecule is C.C.CC(C)(C)CCOCOCCC(C)(C)C.CC(C)(C)OC[B]C[B]COC(C)(C)C. The van der Waals surface area contributed by atoms with Gasteiger partial charge in [0, 0.05) is 26.2 Å². The number of hydrogen-bond acceptors (Lipinski definition) is 4. The van der Waals surface area contributed by atoms with Gasteiger partial charge in [0.15, 0.2) is 0 Å². The summed E-state index contributed by atoms with van der Waals surface area (Å²) in [7, 11) is 4.24. The molecule has 0 aromatic rings. The Morgan fingerprint density at radius 1 is 0.531 bits per heavy atom. The fourth-order valence-corrected chi connectivity index (χ4v) is 1.81. The highest BCUT2D eigenvalue weighted by molar-refractivity contribution is 6.55. The van der Waals surface area contributed by atoms with E-state index in [0.29, 0.717) is 30.6 Å². The Balaban J connectivity index is -0.000000231. The third kappa shape index (κ3) is 43.8. The van der Waals surface area contributed by atoms with E-state index >= 15 is 0 Å². The van der Waals surface area contributed by atoms with Crippen LogP contribution < -0.4 is 0 Å². The van der Waals surface area contributed by atoms with Gasteiger partial charge in [0.2, 0.25) is 0 Å². The Bertz CT molecular complexity index is 315. The van der Waals surface area contributed by atoms with E-state index in [9.17, 15) is 0 Å². The van der Waals surface area contributed by atoms with Gasteiger partial charge >= 0.3 is 0 Å². The summed E-state index contributed by atoms with van der Waals surface area (Å²) in [5.74, 6) is 0. The van der Waals surface area contributed by atoms with Gasteiger partial charge in [0.25, 0.3) is 0 Å². The van der Waals surface area contributed by atoms with Crippen LogP contribution >= 0.6 is 0 Å². The first-order chi connectivity index (χ1) is 13.4. The fraction of sp³-hybridized carbons (Fsp3) is 1.00. The lowest BCUT2D eigenvalue weighted by atomic mass is 9.56. The summed E-state index contributed by atoms with van der Waals surface area (Å²) >= 11 is 0. The van der Waals surface area contributed by atoms with E-state index in [4.69, 9.17) is 18.9 Å². The zero-order valence-corrected chi connectivity index (χ0v) is 22.4. The molecule has 0 aliphatic rings. The lowest BCUT2D eigenvalue weighted by Gasteiger charge is -2.20. The minimum atomic E-state index is -0.0432. The third-order valence-electron chi connectivity index (χ3n) is 3.76. The predicted molar refractivity (Wildman–Crippen MR) is 146 cm³/mol. The van der Waals surface area contributed by atoms with Crippen molar-refractivity contribution in [3.8, 4) is 0 Å². The Hall–Kier alpha value is -0.0301. The largest absolute Gasteiger partial charge is 0.385 e. The van der Waals surface area contributed by atoms with E-state index in [2.05, 4.69) is 97.6 Å². The van der Waals surface area contributed by atoms with Crippen LogP contribution in [0, 0.1) is 10.8 Å². The summed E-state index contributed by atoms with van der Waals surface area (Å²) in [6.07, 6.45) is 3.09. The smallest absolute Gasteiger partial charge is 0.146 e. The van der Waals surface area contributed by atoms with Crippen LogP contribution in [0.1, 0.15) is 111 Å². The molecule has 0 amide bonds. The lowest BCUT2D eigenvalue weighted by molar-refractivity contribution is -0.0645. The summed E-state index contributed by atoms with van der Waals surface area (Å²) in [6.45, 7) is 29.1. The average Bonchev–Trinajstić information content (AvgIpc) is 2.49. The molecule has 0 aromatic heterocycles. The van der Waals surface area contributed by atoms with Gasteiger partial charge in [-0.05, 0) is 65.2 Å². The fourth-order valence-electron chi connectivity index (χ4n) is 1.81. The van der Waals surface area contributed by atoms with Gasteiger partial charge in [-0.3, -0.25) is 0 Å². The summed E-state index contributed by atoms with van der Waals surface area (Å²) in [4.78, 5) is 0. The first-order valence-electron chi connectivity index (χ1n) is 11.5. The molecule has 0 rings (SSSR count). The second kappa shape index (κ2) is 19.3. The van der Waals surface area contributed by atoms with Crippen molar-refractivity contribution in [2.45, 2.75) is 128 Å². The first-order valence-corrected chi connectivity index (χ1v) is 11.5. The van der Waals surface area contributed by atoms with Gasteiger partial charge in [-0.15, -0.1) is 6.22 Å². The van der Waals surface area contributed by atoms with E-state index in [-0.39, 0.29) is 26.1 Å². The molecule has 6 heteroatoms. The van der Waals surface area contributed by atoms with Crippen LogP contribution in [0.2, 0.25) is 6.22 Å². The molecule has 0 heterocycles. The van der Waals surface area contributed by atoms with Crippen molar-refractivity contribution in [2.24, 2.45) is 10.8 Å². The maximum Gasteiger partial charge on any atom is 0.146 e. The van der Waals surface area contributed by atoms with Crippen LogP contribution in [0.15, 0.2) is 0 Å². The molecule has 4 nitrogen and oxygen atoms in total. The maximum absolute atomic E-state index is 5.56. The normalized spacial score (nSPS) is 12.1. The lowest BCUT2D eigenvalue weighted by Crippen LogP contribution is -2.25. The summed E-state index contributed by atoms with van der Waals surface area (Å²) in [5, 5.41) is 0. The monoisotopic (exact) mass is 458 g/mol. The van der Waals surface area contributed by atoms with Crippen molar-refractivity contribution in [1.82, 2.24) is 0 Å². The second-order valence-electron chi connectivity index (χ2n) is 12.2. The number of hydrogen-bond donors (Lipinski definition) is 0. The summed E-state index contributed by atoms with van der Waals surface area (Å²) in [5.41, 5.74) is 0.619. The summed E-state index contributed by atoms with van der Waals surface area (Å²) < 4.78 is 21.9. The van der Waals surface area contributed by atoms with Crippen molar-refractivity contribution in [3.05, 3.63) is 0 Å². The van der Waals surface area contributed by atoms with Crippen molar-refractivity contribution >= 4 is 14.6 Å². The Morgan fingerprint density at radius 3 is 1.09 bits per heavy atom. The standard InChI is InChI=1S/C13H28O2.C11H24B2O2.2CH4/c1-12(2,3)7-9-14-11-15-10-8-13(4,5)6;1-10(2,3)14-8-12-7-13-9-15-11(4,5)6;;/h7-11H2,1-6H3;7-9H2,1-6H3;2*1H4. The molecule has 0 unspecified atom stereocenters. The molecule has 0 saturated carbocycles.